The lowest BCUT2D eigenvalue weighted by Crippen LogP contribution is -2.35. The third kappa shape index (κ3) is 3.17. The molecule has 114 valence electrons. The van der Waals surface area contributed by atoms with Gasteiger partial charge in [-0.05, 0) is 38.5 Å². The molecule has 5 nitrogen and oxygen atoms in total. The SMILES string of the molecule is Cc1nc(C(=O)N2CCCC2)cc(N2CCCC(C)C2)n1. The maximum Gasteiger partial charge on any atom is 0.272 e. The number of piperidine rings is 1. The Kier molecular flexibility index (Phi) is 4.08. The number of carbonyl (C=O) groups is 1. The van der Waals surface area contributed by atoms with Crippen molar-refractivity contribution in [2.24, 2.45) is 5.92 Å². The van der Waals surface area contributed by atoms with Gasteiger partial charge in [0.2, 0.25) is 0 Å². The molecule has 0 saturated carbocycles. The zero-order chi connectivity index (χ0) is 14.8. The maximum absolute atomic E-state index is 12.5. The summed E-state index contributed by atoms with van der Waals surface area (Å²) in [4.78, 5) is 25.6. The molecule has 1 aromatic rings. The summed E-state index contributed by atoms with van der Waals surface area (Å²) < 4.78 is 0. The highest BCUT2D eigenvalue weighted by molar-refractivity contribution is 5.93. The van der Waals surface area contributed by atoms with Gasteiger partial charge in [-0.15, -0.1) is 0 Å². The van der Waals surface area contributed by atoms with Crippen LogP contribution in [-0.4, -0.2) is 47.0 Å². The van der Waals surface area contributed by atoms with Crippen molar-refractivity contribution in [1.29, 1.82) is 0 Å². The lowest BCUT2D eigenvalue weighted by molar-refractivity contribution is 0.0786. The molecule has 2 saturated heterocycles. The minimum absolute atomic E-state index is 0.0595. The molecule has 0 N–H and O–H groups in total. The molecule has 0 bridgehead atoms. The molecule has 21 heavy (non-hydrogen) atoms. The van der Waals surface area contributed by atoms with E-state index >= 15 is 0 Å². The van der Waals surface area contributed by atoms with Gasteiger partial charge < -0.3 is 9.80 Å². The summed E-state index contributed by atoms with van der Waals surface area (Å²) >= 11 is 0. The topological polar surface area (TPSA) is 49.3 Å². The molecule has 2 aliphatic heterocycles. The van der Waals surface area contributed by atoms with E-state index in [-0.39, 0.29) is 5.91 Å². The molecule has 0 aliphatic carbocycles. The molecule has 1 aromatic heterocycles. The molecule has 0 spiro atoms. The second-order valence-electron chi connectivity index (χ2n) is 6.35. The minimum atomic E-state index is 0.0595. The van der Waals surface area contributed by atoms with Crippen molar-refractivity contribution < 1.29 is 4.79 Å². The molecule has 0 radical (unpaired) electrons. The number of hydrogen-bond donors (Lipinski definition) is 0. The Morgan fingerprint density at radius 3 is 2.67 bits per heavy atom. The Labute approximate surface area is 126 Å². The number of carbonyl (C=O) groups excluding carboxylic acids is 1. The molecule has 0 aromatic carbocycles. The highest BCUT2D eigenvalue weighted by atomic mass is 16.2. The van der Waals surface area contributed by atoms with Gasteiger partial charge in [-0.3, -0.25) is 4.79 Å². The first-order valence-electron chi connectivity index (χ1n) is 8.03. The second-order valence-corrected chi connectivity index (χ2v) is 6.35. The Bertz CT molecular complexity index is 525. The standard InChI is InChI=1S/C16H24N4O/c1-12-6-5-9-20(11-12)15-10-14(17-13(2)18-15)16(21)19-7-3-4-8-19/h10,12H,3-9,11H2,1-2H3. The van der Waals surface area contributed by atoms with Crippen LogP contribution >= 0.6 is 0 Å². The monoisotopic (exact) mass is 288 g/mol. The molecule has 5 heteroatoms. The second kappa shape index (κ2) is 6.00. The lowest BCUT2D eigenvalue weighted by atomic mass is 10.0. The largest absolute Gasteiger partial charge is 0.356 e. The van der Waals surface area contributed by atoms with Crippen molar-refractivity contribution in [2.45, 2.75) is 39.5 Å². The van der Waals surface area contributed by atoms with Crippen LogP contribution in [0.15, 0.2) is 6.07 Å². The molecular weight excluding hydrogens is 264 g/mol. The van der Waals surface area contributed by atoms with E-state index in [1.807, 2.05) is 17.9 Å². The normalized spacial score (nSPS) is 22.7. The van der Waals surface area contributed by atoms with E-state index in [1.54, 1.807) is 0 Å². The summed E-state index contributed by atoms with van der Waals surface area (Å²) in [6.45, 7) is 7.91. The van der Waals surface area contributed by atoms with Gasteiger partial charge in [0, 0.05) is 32.2 Å². The Morgan fingerprint density at radius 2 is 1.95 bits per heavy atom. The third-order valence-electron chi connectivity index (χ3n) is 4.42. The van der Waals surface area contributed by atoms with E-state index < -0.39 is 0 Å². The molecule has 1 atom stereocenters. The van der Waals surface area contributed by atoms with Crippen LogP contribution in [0.1, 0.15) is 48.9 Å². The van der Waals surface area contributed by atoms with Crippen LogP contribution in [0.2, 0.25) is 0 Å². The zero-order valence-corrected chi connectivity index (χ0v) is 13.0. The first kappa shape index (κ1) is 14.3. The highest BCUT2D eigenvalue weighted by Gasteiger charge is 2.23. The third-order valence-corrected chi connectivity index (χ3v) is 4.42. The zero-order valence-electron chi connectivity index (χ0n) is 13.0. The van der Waals surface area contributed by atoms with E-state index in [0.29, 0.717) is 17.4 Å². The Hall–Kier alpha value is -1.65. The Balaban J connectivity index is 1.83. The highest BCUT2D eigenvalue weighted by Crippen LogP contribution is 2.22. The van der Waals surface area contributed by atoms with Crippen LogP contribution in [0.4, 0.5) is 5.82 Å². The fraction of sp³-hybridized carbons (Fsp3) is 0.688. The van der Waals surface area contributed by atoms with Gasteiger partial charge in [0.25, 0.3) is 5.91 Å². The number of amides is 1. The Morgan fingerprint density at radius 1 is 1.19 bits per heavy atom. The summed E-state index contributed by atoms with van der Waals surface area (Å²) in [7, 11) is 0. The summed E-state index contributed by atoms with van der Waals surface area (Å²) in [5.41, 5.74) is 0.553. The van der Waals surface area contributed by atoms with Gasteiger partial charge in [0.15, 0.2) is 0 Å². The first-order valence-corrected chi connectivity index (χ1v) is 8.03. The molecular formula is C16H24N4O. The smallest absolute Gasteiger partial charge is 0.272 e. The number of aromatic nitrogens is 2. The van der Waals surface area contributed by atoms with Gasteiger partial charge in [0.1, 0.15) is 17.3 Å². The molecule has 1 unspecified atom stereocenters. The van der Waals surface area contributed by atoms with Gasteiger partial charge in [-0.1, -0.05) is 6.92 Å². The summed E-state index contributed by atoms with van der Waals surface area (Å²) in [5, 5.41) is 0. The van der Waals surface area contributed by atoms with Gasteiger partial charge in [-0.25, -0.2) is 9.97 Å². The first-order chi connectivity index (χ1) is 10.1. The quantitative estimate of drug-likeness (QED) is 0.837. The van der Waals surface area contributed by atoms with Gasteiger partial charge >= 0.3 is 0 Å². The predicted octanol–water partition coefficient (Wildman–Crippen LogP) is 2.26. The van der Waals surface area contributed by atoms with E-state index in [1.165, 1.54) is 12.8 Å². The fourth-order valence-corrected chi connectivity index (χ4v) is 3.30. The van der Waals surface area contributed by atoms with Crippen molar-refractivity contribution in [1.82, 2.24) is 14.9 Å². The van der Waals surface area contributed by atoms with Gasteiger partial charge in [0.05, 0.1) is 0 Å². The van der Waals surface area contributed by atoms with E-state index in [2.05, 4.69) is 21.8 Å². The van der Waals surface area contributed by atoms with Gasteiger partial charge in [-0.2, -0.15) is 0 Å². The fourth-order valence-electron chi connectivity index (χ4n) is 3.30. The van der Waals surface area contributed by atoms with Crippen LogP contribution in [0.5, 0.6) is 0 Å². The number of aryl methyl sites for hydroxylation is 1. The minimum Gasteiger partial charge on any atom is -0.356 e. The van der Waals surface area contributed by atoms with E-state index in [9.17, 15) is 4.79 Å². The van der Waals surface area contributed by atoms with Crippen molar-refractivity contribution in [3.05, 3.63) is 17.6 Å². The van der Waals surface area contributed by atoms with Crippen LogP contribution in [0, 0.1) is 12.8 Å². The summed E-state index contributed by atoms with van der Waals surface area (Å²) in [5.74, 6) is 2.35. The molecule has 2 fully saturated rings. The number of nitrogens with zero attached hydrogens (tertiary/aromatic N) is 4. The molecule has 3 heterocycles. The number of anilines is 1. The van der Waals surface area contributed by atoms with Crippen molar-refractivity contribution in [3.8, 4) is 0 Å². The van der Waals surface area contributed by atoms with Crippen molar-refractivity contribution in [2.75, 3.05) is 31.1 Å². The van der Waals surface area contributed by atoms with E-state index in [4.69, 9.17) is 0 Å². The number of likely N-dealkylation sites (tertiary alicyclic amines) is 1. The van der Waals surface area contributed by atoms with Crippen molar-refractivity contribution >= 4 is 11.7 Å². The van der Waals surface area contributed by atoms with Crippen LogP contribution in [0.25, 0.3) is 0 Å². The summed E-state index contributed by atoms with van der Waals surface area (Å²) in [6, 6.07) is 1.88. The lowest BCUT2D eigenvalue weighted by Gasteiger charge is -2.32. The predicted molar refractivity (Wildman–Crippen MR) is 82.5 cm³/mol. The average molecular weight is 288 g/mol. The van der Waals surface area contributed by atoms with Crippen LogP contribution in [-0.2, 0) is 0 Å². The summed E-state index contributed by atoms with van der Waals surface area (Å²) in [6.07, 6.45) is 4.68. The number of hydrogen-bond acceptors (Lipinski definition) is 4. The van der Waals surface area contributed by atoms with Crippen LogP contribution in [0.3, 0.4) is 0 Å². The molecule has 3 rings (SSSR count). The number of rotatable bonds is 2. The molecule has 2 aliphatic rings. The molecule has 1 amide bonds. The average Bonchev–Trinajstić information content (AvgIpc) is 3.00. The van der Waals surface area contributed by atoms with Crippen LogP contribution < -0.4 is 4.90 Å². The van der Waals surface area contributed by atoms with E-state index in [0.717, 1.165) is 44.8 Å². The van der Waals surface area contributed by atoms with Crippen molar-refractivity contribution in [3.63, 3.8) is 0 Å². The maximum atomic E-state index is 12.5.